The Morgan fingerprint density at radius 3 is 2.43 bits per heavy atom. The number of aromatic hydroxyl groups is 1. The van der Waals surface area contributed by atoms with E-state index in [-0.39, 0.29) is 5.75 Å². The number of aliphatic hydroxyl groups is 1. The van der Waals surface area contributed by atoms with Crippen molar-refractivity contribution in [2.24, 2.45) is 0 Å². The summed E-state index contributed by atoms with van der Waals surface area (Å²) in [5.41, 5.74) is 0.603. The van der Waals surface area contributed by atoms with Crippen LogP contribution >= 0.6 is 0 Å². The van der Waals surface area contributed by atoms with E-state index in [9.17, 15) is 4.79 Å². The third kappa shape index (κ3) is 2.52. The molecule has 4 nitrogen and oxygen atoms in total. The molecule has 1 aromatic rings. The molecular weight excluding hydrogens is 184 g/mol. The Kier molecular flexibility index (Phi) is 3.12. The molecule has 0 radical (unpaired) electrons. The van der Waals surface area contributed by atoms with Gasteiger partial charge in [-0.2, -0.15) is 0 Å². The highest BCUT2D eigenvalue weighted by atomic mass is 16.5. The number of benzene rings is 1. The molecule has 0 amide bonds. The number of methoxy groups -OCH3 is 1. The van der Waals surface area contributed by atoms with Gasteiger partial charge in [0.2, 0.25) is 5.76 Å². The van der Waals surface area contributed by atoms with E-state index >= 15 is 0 Å². The lowest BCUT2D eigenvalue weighted by molar-refractivity contribution is -0.138. The molecule has 0 bridgehead atoms. The average Bonchev–Trinajstić information content (AvgIpc) is 2.20. The van der Waals surface area contributed by atoms with Gasteiger partial charge in [0.1, 0.15) is 5.75 Å². The van der Waals surface area contributed by atoms with Gasteiger partial charge in [-0.1, -0.05) is 12.1 Å². The second-order valence-electron chi connectivity index (χ2n) is 2.61. The minimum Gasteiger partial charge on any atom is -0.508 e. The van der Waals surface area contributed by atoms with Crippen LogP contribution in [0.2, 0.25) is 0 Å². The third-order valence-electron chi connectivity index (χ3n) is 1.59. The zero-order valence-corrected chi connectivity index (χ0v) is 7.60. The molecular formula is C10H10O4. The first-order chi connectivity index (χ1) is 6.63. The monoisotopic (exact) mass is 194 g/mol. The van der Waals surface area contributed by atoms with Gasteiger partial charge < -0.3 is 14.9 Å². The highest BCUT2D eigenvalue weighted by Gasteiger charge is 2.05. The van der Waals surface area contributed by atoms with Gasteiger partial charge in [-0.05, 0) is 23.8 Å². The van der Waals surface area contributed by atoms with Crippen LogP contribution in [0.25, 0.3) is 6.08 Å². The molecule has 0 spiro atoms. The molecule has 0 fully saturated rings. The van der Waals surface area contributed by atoms with Gasteiger partial charge in [0.25, 0.3) is 0 Å². The van der Waals surface area contributed by atoms with Crippen molar-refractivity contribution in [1.29, 1.82) is 0 Å². The predicted octanol–water partition coefficient (Wildman–Crippen LogP) is 1.46. The highest BCUT2D eigenvalue weighted by Crippen LogP contribution is 2.12. The second kappa shape index (κ2) is 4.32. The molecule has 74 valence electrons. The molecule has 0 heterocycles. The van der Waals surface area contributed by atoms with Crippen LogP contribution in [0.1, 0.15) is 5.56 Å². The normalized spacial score (nSPS) is 11.1. The molecule has 1 aromatic carbocycles. The van der Waals surface area contributed by atoms with Crippen LogP contribution in [0.4, 0.5) is 0 Å². The predicted molar refractivity (Wildman–Crippen MR) is 50.7 cm³/mol. The lowest BCUT2D eigenvalue weighted by Gasteiger charge is -1.98. The largest absolute Gasteiger partial charge is 0.508 e. The van der Waals surface area contributed by atoms with Crippen molar-refractivity contribution < 1.29 is 19.7 Å². The lowest BCUT2D eigenvalue weighted by Crippen LogP contribution is -2.03. The topological polar surface area (TPSA) is 66.8 Å². The van der Waals surface area contributed by atoms with E-state index in [1.165, 1.54) is 25.3 Å². The molecule has 0 saturated heterocycles. The van der Waals surface area contributed by atoms with E-state index in [0.29, 0.717) is 5.56 Å². The Morgan fingerprint density at radius 1 is 1.36 bits per heavy atom. The zero-order valence-electron chi connectivity index (χ0n) is 7.60. The van der Waals surface area contributed by atoms with Crippen LogP contribution in [0.5, 0.6) is 5.75 Å². The van der Waals surface area contributed by atoms with Crippen molar-refractivity contribution in [1.82, 2.24) is 0 Å². The number of ether oxygens (including phenoxy) is 1. The van der Waals surface area contributed by atoms with Crippen molar-refractivity contribution >= 4 is 12.0 Å². The molecule has 2 N–H and O–H groups in total. The summed E-state index contributed by atoms with van der Waals surface area (Å²) in [5, 5.41) is 18.1. The van der Waals surface area contributed by atoms with Crippen molar-refractivity contribution in [2.45, 2.75) is 0 Å². The van der Waals surface area contributed by atoms with Gasteiger partial charge in [-0.3, -0.25) is 0 Å². The fourth-order valence-electron chi connectivity index (χ4n) is 0.892. The van der Waals surface area contributed by atoms with Gasteiger partial charge in [0.15, 0.2) is 0 Å². The lowest BCUT2D eigenvalue weighted by atomic mass is 10.2. The standard InChI is InChI=1S/C10H10O4/c1-14-10(13)9(12)6-7-2-4-8(11)5-3-7/h2-6,11-12H,1H3. The number of rotatable bonds is 2. The number of phenolic OH excluding ortho intramolecular Hbond substituents is 1. The number of carbonyl (C=O) groups excluding carboxylic acids is 1. The van der Waals surface area contributed by atoms with E-state index in [2.05, 4.69) is 4.74 Å². The molecule has 0 saturated carbocycles. The Labute approximate surface area is 81.1 Å². The Hall–Kier alpha value is -1.97. The summed E-state index contributed by atoms with van der Waals surface area (Å²) >= 11 is 0. The van der Waals surface area contributed by atoms with Crippen LogP contribution in [-0.4, -0.2) is 23.3 Å². The van der Waals surface area contributed by atoms with Gasteiger partial charge in [-0.15, -0.1) is 0 Å². The molecule has 14 heavy (non-hydrogen) atoms. The maximum atomic E-state index is 10.8. The van der Waals surface area contributed by atoms with E-state index < -0.39 is 11.7 Å². The van der Waals surface area contributed by atoms with Crippen LogP contribution < -0.4 is 0 Å². The van der Waals surface area contributed by atoms with Crippen LogP contribution in [0.15, 0.2) is 30.0 Å². The van der Waals surface area contributed by atoms with E-state index in [1.807, 2.05) is 0 Å². The van der Waals surface area contributed by atoms with E-state index in [0.717, 1.165) is 0 Å². The van der Waals surface area contributed by atoms with E-state index in [4.69, 9.17) is 10.2 Å². The third-order valence-corrected chi connectivity index (χ3v) is 1.59. The maximum Gasteiger partial charge on any atom is 0.373 e. The summed E-state index contributed by atoms with van der Waals surface area (Å²) in [4.78, 5) is 10.8. The first-order valence-electron chi connectivity index (χ1n) is 3.91. The number of esters is 1. The summed E-state index contributed by atoms with van der Waals surface area (Å²) in [6.45, 7) is 0. The van der Waals surface area contributed by atoms with Crippen LogP contribution in [0.3, 0.4) is 0 Å². The van der Waals surface area contributed by atoms with E-state index in [1.54, 1.807) is 12.1 Å². The summed E-state index contributed by atoms with van der Waals surface area (Å²) < 4.78 is 4.30. The van der Waals surface area contributed by atoms with Crippen molar-refractivity contribution in [3.05, 3.63) is 35.6 Å². The van der Waals surface area contributed by atoms with Gasteiger partial charge >= 0.3 is 5.97 Å². The molecule has 4 heteroatoms. The molecule has 0 aliphatic rings. The smallest absolute Gasteiger partial charge is 0.373 e. The number of hydrogen-bond donors (Lipinski definition) is 2. The second-order valence-corrected chi connectivity index (χ2v) is 2.61. The molecule has 0 aliphatic carbocycles. The Bertz CT molecular complexity index is 351. The molecule has 0 aromatic heterocycles. The average molecular weight is 194 g/mol. The first-order valence-corrected chi connectivity index (χ1v) is 3.91. The maximum absolute atomic E-state index is 10.8. The summed E-state index contributed by atoms with van der Waals surface area (Å²) in [6.07, 6.45) is 1.26. The molecule has 0 unspecified atom stereocenters. The number of carbonyl (C=O) groups is 1. The Balaban J connectivity index is 2.86. The van der Waals surface area contributed by atoms with Gasteiger partial charge in [0, 0.05) is 0 Å². The van der Waals surface area contributed by atoms with Crippen LogP contribution in [0, 0.1) is 0 Å². The van der Waals surface area contributed by atoms with Gasteiger partial charge in [0.05, 0.1) is 7.11 Å². The minimum absolute atomic E-state index is 0.125. The van der Waals surface area contributed by atoms with Crippen molar-refractivity contribution in [3.8, 4) is 5.75 Å². The number of hydrogen-bond acceptors (Lipinski definition) is 4. The zero-order chi connectivity index (χ0) is 10.6. The summed E-state index contributed by atoms with van der Waals surface area (Å²) in [6, 6.07) is 6.04. The highest BCUT2D eigenvalue weighted by molar-refractivity contribution is 5.90. The van der Waals surface area contributed by atoms with Crippen molar-refractivity contribution in [2.75, 3.05) is 7.11 Å². The Morgan fingerprint density at radius 2 is 1.93 bits per heavy atom. The fraction of sp³-hybridized carbons (Fsp3) is 0.100. The summed E-state index contributed by atoms with van der Waals surface area (Å²) in [5.74, 6) is -1.14. The fourth-order valence-corrected chi connectivity index (χ4v) is 0.892. The minimum atomic E-state index is -0.793. The molecule has 0 aliphatic heterocycles. The van der Waals surface area contributed by atoms with Crippen LogP contribution in [-0.2, 0) is 9.53 Å². The SMILES string of the molecule is COC(=O)C(O)=Cc1ccc(O)cc1. The molecule has 0 atom stereocenters. The first kappa shape index (κ1) is 10.1. The quantitative estimate of drug-likeness (QED) is 0.425. The number of phenols is 1. The molecule has 1 rings (SSSR count). The van der Waals surface area contributed by atoms with Gasteiger partial charge in [-0.25, -0.2) is 4.79 Å². The number of aliphatic hydroxyl groups excluding tert-OH is 1. The van der Waals surface area contributed by atoms with Crippen molar-refractivity contribution in [3.63, 3.8) is 0 Å². The summed E-state index contributed by atoms with van der Waals surface area (Å²) in [7, 11) is 1.18.